The van der Waals surface area contributed by atoms with Gasteiger partial charge in [0.1, 0.15) is 23.9 Å². The molecule has 4 unspecified atom stereocenters. The van der Waals surface area contributed by atoms with Crippen LogP contribution in [-0.4, -0.2) is 79.8 Å². The Bertz CT molecular complexity index is 1040. The van der Waals surface area contributed by atoms with Crippen LogP contribution >= 0.6 is 0 Å². The monoisotopic (exact) mass is 518 g/mol. The predicted molar refractivity (Wildman–Crippen MR) is 132 cm³/mol. The third-order valence-corrected chi connectivity index (χ3v) is 5.48. The van der Waals surface area contributed by atoms with Crippen molar-refractivity contribution in [3.05, 3.63) is 48.0 Å². The number of carboxylic acids is 1. The molecule has 37 heavy (non-hydrogen) atoms. The van der Waals surface area contributed by atoms with Crippen molar-refractivity contribution in [3.63, 3.8) is 0 Å². The van der Waals surface area contributed by atoms with Crippen LogP contribution < -0.4 is 21.7 Å². The lowest BCUT2D eigenvalue weighted by molar-refractivity contribution is -0.142. The van der Waals surface area contributed by atoms with Gasteiger partial charge in [0.2, 0.25) is 17.7 Å². The number of H-pyrrole nitrogens is 1. The second-order valence-electron chi connectivity index (χ2n) is 9.09. The van der Waals surface area contributed by atoms with Gasteiger partial charge < -0.3 is 42.0 Å². The zero-order valence-corrected chi connectivity index (χ0v) is 20.7. The summed E-state index contributed by atoms with van der Waals surface area (Å²) < 4.78 is 0. The number of amides is 3. The molecule has 9 N–H and O–H groups in total. The van der Waals surface area contributed by atoms with Crippen molar-refractivity contribution in [2.45, 2.75) is 57.3 Å². The minimum Gasteiger partial charge on any atom is -0.508 e. The standard InChI is InChI=1S/C24H34N6O7/c1-13(2)7-18(28-21(33)17(25)8-14-3-5-16(32)6-4-14)22(34)30-20(11-31)23(35)29-19(24(36)37)9-15-10-26-12-27-15/h3-6,10,12-13,17-20,31-32H,7-9,11,25H2,1-2H3,(H,26,27)(H,28,33)(H,29,35)(H,30,34)(H,36,37). The zero-order valence-electron chi connectivity index (χ0n) is 20.7. The van der Waals surface area contributed by atoms with Gasteiger partial charge in [-0.3, -0.25) is 14.4 Å². The van der Waals surface area contributed by atoms with E-state index in [1.165, 1.54) is 24.7 Å². The summed E-state index contributed by atoms with van der Waals surface area (Å²) in [5.41, 5.74) is 7.19. The highest BCUT2D eigenvalue weighted by atomic mass is 16.4. The Morgan fingerprint density at radius 2 is 1.54 bits per heavy atom. The molecule has 0 aliphatic heterocycles. The molecule has 4 atom stereocenters. The molecule has 0 radical (unpaired) electrons. The number of nitrogens with two attached hydrogens (primary N) is 1. The third-order valence-electron chi connectivity index (χ3n) is 5.48. The van der Waals surface area contributed by atoms with Crippen molar-refractivity contribution in [2.75, 3.05) is 6.61 Å². The Kier molecular flexibility index (Phi) is 11.0. The Morgan fingerprint density at radius 3 is 2.08 bits per heavy atom. The number of carbonyl (C=O) groups is 4. The van der Waals surface area contributed by atoms with Crippen LogP contribution in [0.25, 0.3) is 0 Å². The molecule has 0 aliphatic carbocycles. The summed E-state index contributed by atoms with van der Waals surface area (Å²) in [5.74, 6) is -3.47. The predicted octanol–water partition coefficient (Wildman–Crippen LogP) is -1.19. The van der Waals surface area contributed by atoms with E-state index in [-0.39, 0.29) is 30.9 Å². The molecular weight excluding hydrogens is 484 g/mol. The van der Waals surface area contributed by atoms with E-state index >= 15 is 0 Å². The highest BCUT2D eigenvalue weighted by Gasteiger charge is 2.30. The highest BCUT2D eigenvalue weighted by molar-refractivity contribution is 5.94. The number of hydrogen-bond donors (Lipinski definition) is 8. The van der Waals surface area contributed by atoms with E-state index in [0.29, 0.717) is 11.3 Å². The molecule has 13 nitrogen and oxygen atoms in total. The van der Waals surface area contributed by atoms with E-state index in [1.54, 1.807) is 12.1 Å². The van der Waals surface area contributed by atoms with E-state index in [2.05, 4.69) is 25.9 Å². The van der Waals surface area contributed by atoms with Crippen LogP contribution in [0.5, 0.6) is 5.75 Å². The topological polar surface area (TPSA) is 220 Å². The summed E-state index contributed by atoms with van der Waals surface area (Å²) in [6.07, 6.45) is 3.08. The number of aromatic hydroxyl groups is 1. The largest absolute Gasteiger partial charge is 0.508 e. The normalized spacial score (nSPS) is 14.3. The number of nitrogens with one attached hydrogen (secondary N) is 4. The first kappa shape index (κ1) is 29.3. The average Bonchev–Trinajstić information content (AvgIpc) is 3.35. The van der Waals surface area contributed by atoms with Gasteiger partial charge in [-0.2, -0.15) is 0 Å². The van der Waals surface area contributed by atoms with Crippen LogP contribution in [0, 0.1) is 5.92 Å². The van der Waals surface area contributed by atoms with Gasteiger partial charge in [0.25, 0.3) is 0 Å². The van der Waals surface area contributed by atoms with Gasteiger partial charge in [0, 0.05) is 18.3 Å². The number of carboxylic acid groups (broad SMARTS) is 1. The lowest BCUT2D eigenvalue weighted by Crippen LogP contribution is -2.58. The zero-order chi connectivity index (χ0) is 27.5. The number of imidazole rings is 1. The molecule has 1 aromatic carbocycles. The molecule has 202 valence electrons. The average molecular weight is 519 g/mol. The van der Waals surface area contributed by atoms with Crippen molar-refractivity contribution >= 4 is 23.7 Å². The van der Waals surface area contributed by atoms with Gasteiger partial charge in [-0.05, 0) is 36.5 Å². The number of phenols is 1. The van der Waals surface area contributed by atoms with Crippen molar-refractivity contribution < 1.29 is 34.5 Å². The molecule has 2 rings (SSSR count). The Balaban J connectivity index is 2.02. The molecule has 0 spiro atoms. The van der Waals surface area contributed by atoms with Crippen LogP contribution in [0.2, 0.25) is 0 Å². The van der Waals surface area contributed by atoms with Crippen LogP contribution in [-0.2, 0) is 32.0 Å². The quantitative estimate of drug-likeness (QED) is 0.150. The Hall–Kier alpha value is -3.97. The van der Waals surface area contributed by atoms with Crippen LogP contribution in [0.15, 0.2) is 36.8 Å². The van der Waals surface area contributed by atoms with Crippen LogP contribution in [0.3, 0.4) is 0 Å². The fraction of sp³-hybridized carbons (Fsp3) is 0.458. The Labute approximate surface area is 213 Å². The van der Waals surface area contributed by atoms with Gasteiger partial charge in [0.15, 0.2) is 0 Å². The second-order valence-corrected chi connectivity index (χ2v) is 9.09. The second kappa shape index (κ2) is 13.9. The molecule has 3 amide bonds. The number of nitrogens with zero attached hydrogens (tertiary/aromatic N) is 1. The fourth-order valence-corrected chi connectivity index (χ4v) is 3.52. The van der Waals surface area contributed by atoms with E-state index in [1.807, 2.05) is 13.8 Å². The lowest BCUT2D eigenvalue weighted by atomic mass is 10.0. The lowest BCUT2D eigenvalue weighted by Gasteiger charge is -2.25. The number of aromatic nitrogens is 2. The van der Waals surface area contributed by atoms with Crippen molar-refractivity contribution in [2.24, 2.45) is 11.7 Å². The summed E-state index contributed by atoms with van der Waals surface area (Å²) in [4.78, 5) is 56.5. The summed E-state index contributed by atoms with van der Waals surface area (Å²) in [6, 6.07) is 1.38. The number of aliphatic hydroxyl groups excluding tert-OH is 1. The molecule has 1 aromatic heterocycles. The van der Waals surface area contributed by atoms with Crippen LogP contribution in [0.1, 0.15) is 31.5 Å². The van der Waals surface area contributed by atoms with E-state index in [9.17, 15) is 34.5 Å². The fourth-order valence-electron chi connectivity index (χ4n) is 3.52. The van der Waals surface area contributed by atoms with E-state index in [0.717, 1.165) is 0 Å². The van der Waals surface area contributed by atoms with E-state index in [4.69, 9.17) is 5.73 Å². The summed E-state index contributed by atoms with van der Waals surface area (Å²) in [6.45, 7) is 2.88. The first-order chi connectivity index (χ1) is 17.5. The number of benzene rings is 1. The Morgan fingerprint density at radius 1 is 0.946 bits per heavy atom. The number of phenolic OH excluding ortho intramolecular Hbond substituents is 1. The summed E-state index contributed by atoms with van der Waals surface area (Å²) in [7, 11) is 0. The number of rotatable bonds is 14. The maximum atomic E-state index is 13.0. The summed E-state index contributed by atoms with van der Waals surface area (Å²) in [5, 5.41) is 35.8. The van der Waals surface area contributed by atoms with Gasteiger partial charge >= 0.3 is 5.97 Å². The van der Waals surface area contributed by atoms with Gasteiger partial charge in [-0.1, -0.05) is 26.0 Å². The third kappa shape index (κ3) is 9.54. The molecule has 0 saturated heterocycles. The first-order valence-corrected chi connectivity index (χ1v) is 11.8. The molecular formula is C24H34N6O7. The SMILES string of the molecule is CC(C)CC(NC(=O)C(N)Cc1ccc(O)cc1)C(=O)NC(CO)C(=O)NC(Cc1cnc[nH]1)C(=O)O. The molecule has 0 saturated carbocycles. The van der Waals surface area contributed by atoms with Crippen LogP contribution in [0.4, 0.5) is 0 Å². The van der Waals surface area contributed by atoms with Gasteiger partial charge in [-0.15, -0.1) is 0 Å². The summed E-state index contributed by atoms with van der Waals surface area (Å²) >= 11 is 0. The van der Waals surface area contributed by atoms with Crippen molar-refractivity contribution in [3.8, 4) is 5.75 Å². The number of aliphatic hydroxyl groups is 1. The van der Waals surface area contributed by atoms with Gasteiger partial charge in [-0.25, -0.2) is 9.78 Å². The number of carbonyl (C=O) groups excluding carboxylic acids is 3. The first-order valence-electron chi connectivity index (χ1n) is 11.8. The van der Waals surface area contributed by atoms with Crippen molar-refractivity contribution in [1.29, 1.82) is 0 Å². The smallest absolute Gasteiger partial charge is 0.326 e. The molecule has 1 heterocycles. The maximum absolute atomic E-state index is 13.0. The molecule has 13 heteroatoms. The molecule has 0 aliphatic rings. The molecule has 0 fully saturated rings. The maximum Gasteiger partial charge on any atom is 0.326 e. The molecule has 2 aromatic rings. The number of hydrogen-bond acceptors (Lipinski definition) is 8. The minimum atomic E-state index is -1.45. The van der Waals surface area contributed by atoms with Gasteiger partial charge in [0.05, 0.1) is 19.0 Å². The van der Waals surface area contributed by atoms with Crippen molar-refractivity contribution in [1.82, 2.24) is 25.9 Å². The molecule has 0 bridgehead atoms. The van der Waals surface area contributed by atoms with E-state index < -0.39 is 54.5 Å². The highest BCUT2D eigenvalue weighted by Crippen LogP contribution is 2.12. The number of aliphatic carboxylic acids is 1. The minimum absolute atomic E-state index is 0.0171. The number of aromatic amines is 1.